The second-order valence-electron chi connectivity index (χ2n) is 4.93. The van der Waals surface area contributed by atoms with E-state index in [9.17, 15) is 4.79 Å². The number of hydrogen-bond donors (Lipinski definition) is 1. The summed E-state index contributed by atoms with van der Waals surface area (Å²) in [5, 5.41) is 3.89. The van der Waals surface area contributed by atoms with Crippen LogP contribution in [0.1, 0.15) is 28.2 Å². The Morgan fingerprint density at radius 3 is 2.65 bits per heavy atom. The number of aromatic nitrogens is 1. The van der Waals surface area contributed by atoms with E-state index < -0.39 is 0 Å². The number of amides is 1. The fourth-order valence-electron chi connectivity index (χ4n) is 2.35. The third kappa shape index (κ3) is 2.67. The van der Waals surface area contributed by atoms with Gasteiger partial charge in [-0.25, -0.2) is 4.98 Å². The van der Waals surface area contributed by atoms with Gasteiger partial charge >= 0.3 is 0 Å². The molecule has 1 aromatic carbocycles. The lowest BCUT2D eigenvalue weighted by molar-refractivity contribution is 0.103. The van der Waals surface area contributed by atoms with Gasteiger partial charge in [-0.2, -0.15) is 0 Å². The number of para-hydroxylation sites is 1. The number of carbonyl (C=O) groups is 1. The van der Waals surface area contributed by atoms with Crippen molar-refractivity contribution >= 4 is 28.1 Å². The van der Waals surface area contributed by atoms with Crippen molar-refractivity contribution in [2.45, 2.75) is 19.8 Å². The van der Waals surface area contributed by atoms with Gasteiger partial charge in [0.15, 0.2) is 5.13 Å². The number of nitrogens with one attached hydrogen (secondary N) is 1. The molecule has 20 heavy (non-hydrogen) atoms. The minimum atomic E-state index is -0.0725. The summed E-state index contributed by atoms with van der Waals surface area (Å²) in [5.74, 6) is -0.0725. The highest BCUT2D eigenvalue weighted by molar-refractivity contribution is 7.17. The molecule has 2 heterocycles. The molecule has 1 aliphatic heterocycles. The molecule has 1 amide bonds. The minimum absolute atomic E-state index is 0.0725. The van der Waals surface area contributed by atoms with E-state index in [1.165, 1.54) is 24.2 Å². The summed E-state index contributed by atoms with van der Waals surface area (Å²) in [6.45, 7) is 4.00. The fourth-order valence-corrected chi connectivity index (χ4v) is 3.36. The monoisotopic (exact) mass is 287 g/mol. The zero-order valence-electron chi connectivity index (χ0n) is 11.4. The third-order valence-electron chi connectivity index (χ3n) is 3.40. The van der Waals surface area contributed by atoms with Crippen LogP contribution in [0.4, 0.5) is 10.8 Å². The summed E-state index contributed by atoms with van der Waals surface area (Å²) in [7, 11) is 0. The SMILES string of the molecule is Cc1nc(N2CCCC2)sc1C(=O)Nc1ccccc1. The van der Waals surface area contributed by atoms with E-state index in [1.807, 2.05) is 37.3 Å². The van der Waals surface area contributed by atoms with Gasteiger partial charge in [-0.05, 0) is 31.9 Å². The first-order chi connectivity index (χ1) is 9.74. The first kappa shape index (κ1) is 13.1. The number of rotatable bonds is 3. The zero-order chi connectivity index (χ0) is 13.9. The summed E-state index contributed by atoms with van der Waals surface area (Å²) in [4.78, 5) is 19.8. The molecule has 1 N–H and O–H groups in total. The van der Waals surface area contributed by atoms with Crippen molar-refractivity contribution in [1.29, 1.82) is 0 Å². The van der Waals surface area contributed by atoms with Crippen molar-refractivity contribution < 1.29 is 4.79 Å². The van der Waals surface area contributed by atoms with Crippen LogP contribution in [0.5, 0.6) is 0 Å². The molecule has 4 nitrogen and oxygen atoms in total. The molecule has 1 aliphatic rings. The van der Waals surface area contributed by atoms with Gasteiger partial charge in [-0.3, -0.25) is 4.79 Å². The lowest BCUT2D eigenvalue weighted by Crippen LogP contribution is -2.17. The van der Waals surface area contributed by atoms with Crippen LogP contribution in [-0.4, -0.2) is 24.0 Å². The topological polar surface area (TPSA) is 45.2 Å². The number of hydrogen-bond acceptors (Lipinski definition) is 4. The van der Waals surface area contributed by atoms with Crippen molar-refractivity contribution in [3.05, 3.63) is 40.9 Å². The van der Waals surface area contributed by atoms with E-state index in [2.05, 4.69) is 15.2 Å². The highest BCUT2D eigenvalue weighted by Crippen LogP contribution is 2.29. The van der Waals surface area contributed by atoms with Gasteiger partial charge in [-0.1, -0.05) is 29.5 Å². The second kappa shape index (κ2) is 5.63. The molecule has 0 saturated carbocycles. The standard InChI is InChI=1S/C15H17N3OS/c1-11-13(14(19)17-12-7-3-2-4-8-12)20-15(16-11)18-9-5-6-10-18/h2-4,7-8H,5-6,9-10H2,1H3,(H,17,19). The van der Waals surface area contributed by atoms with Gasteiger partial charge in [0.1, 0.15) is 4.88 Å². The zero-order valence-corrected chi connectivity index (χ0v) is 12.2. The van der Waals surface area contributed by atoms with Crippen molar-refractivity contribution in [2.24, 2.45) is 0 Å². The third-order valence-corrected chi connectivity index (χ3v) is 4.62. The largest absolute Gasteiger partial charge is 0.348 e. The summed E-state index contributed by atoms with van der Waals surface area (Å²) in [6, 6.07) is 9.51. The Bertz CT molecular complexity index is 603. The van der Waals surface area contributed by atoms with E-state index in [-0.39, 0.29) is 5.91 Å². The molecule has 1 fully saturated rings. The Morgan fingerprint density at radius 2 is 1.95 bits per heavy atom. The van der Waals surface area contributed by atoms with Crippen LogP contribution in [0.15, 0.2) is 30.3 Å². The maximum atomic E-state index is 12.3. The van der Waals surface area contributed by atoms with Crippen molar-refractivity contribution in [3.8, 4) is 0 Å². The fraction of sp³-hybridized carbons (Fsp3) is 0.333. The van der Waals surface area contributed by atoms with Crippen molar-refractivity contribution in [3.63, 3.8) is 0 Å². The first-order valence-corrected chi connectivity index (χ1v) is 7.64. The molecule has 1 saturated heterocycles. The second-order valence-corrected chi connectivity index (χ2v) is 5.90. The summed E-state index contributed by atoms with van der Waals surface area (Å²) >= 11 is 1.49. The average molecular weight is 287 g/mol. The highest BCUT2D eigenvalue weighted by Gasteiger charge is 2.20. The normalized spacial score (nSPS) is 14.6. The Kier molecular flexibility index (Phi) is 3.69. The Labute approximate surface area is 122 Å². The quantitative estimate of drug-likeness (QED) is 0.942. The van der Waals surface area contributed by atoms with Gasteiger partial charge in [0.25, 0.3) is 5.91 Å². The molecule has 3 rings (SSSR count). The Morgan fingerprint density at radius 1 is 1.25 bits per heavy atom. The van der Waals surface area contributed by atoms with Gasteiger partial charge in [0.05, 0.1) is 5.69 Å². The number of aryl methyl sites for hydroxylation is 1. The Balaban J connectivity index is 1.77. The lowest BCUT2D eigenvalue weighted by Gasteiger charge is -2.12. The predicted octanol–water partition coefficient (Wildman–Crippen LogP) is 3.30. The highest BCUT2D eigenvalue weighted by atomic mass is 32.1. The number of nitrogens with zero attached hydrogens (tertiary/aromatic N) is 2. The summed E-state index contributed by atoms with van der Waals surface area (Å²) in [6.07, 6.45) is 2.42. The molecule has 2 aromatic rings. The van der Waals surface area contributed by atoms with Crippen LogP contribution in [0.2, 0.25) is 0 Å². The lowest BCUT2D eigenvalue weighted by atomic mass is 10.3. The number of carbonyl (C=O) groups excluding carboxylic acids is 1. The molecular formula is C15H17N3OS. The molecule has 0 bridgehead atoms. The van der Waals surface area contributed by atoms with E-state index in [0.29, 0.717) is 4.88 Å². The first-order valence-electron chi connectivity index (χ1n) is 6.83. The van der Waals surface area contributed by atoms with E-state index in [4.69, 9.17) is 0 Å². The smallest absolute Gasteiger partial charge is 0.267 e. The molecule has 1 aromatic heterocycles. The number of benzene rings is 1. The number of thiazole rings is 1. The molecule has 0 aliphatic carbocycles. The maximum absolute atomic E-state index is 12.3. The van der Waals surface area contributed by atoms with Crippen LogP contribution in [-0.2, 0) is 0 Å². The maximum Gasteiger partial charge on any atom is 0.267 e. The molecule has 0 unspecified atom stereocenters. The molecule has 104 valence electrons. The van der Waals surface area contributed by atoms with E-state index >= 15 is 0 Å². The molecule has 0 atom stereocenters. The minimum Gasteiger partial charge on any atom is -0.348 e. The van der Waals surface area contributed by atoms with Gasteiger partial charge < -0.3 is 10.2 Å². The summed E-state index contributed by atoms with van der Waals surface area (Å²) < 4.78 is 0. The average Bonchev–Trinajstić information content (AvgIpc) is 3.08. The molecular weight excluding hydrogens is 270 g/mol. The molecule has 0 radical (unpaired) electrons. The van der Waals surface area contributed by atoms with Crippen LogP contribution in [0, 0.1) is 6.92 Å². The van der Waals surface area contributed by atoms with Gasteiger partial charge in [0, 0.05) is 18.8 Å². The number of anilines is 2. The van der Waals surface area contributed by atoms with Crippen molar-refractivity contribution in [2.75, 3.05) is 23.3 Å². The molecule has 5 heteroatoms. The predicted molar refractivity (Wildman–Crippen MR) is 82.7 cm³/mol. The summed E-state index contributed by atoms with van der Waals surface area (Å²) in [5.41, 5.74) is 1.62. The van der Waals surface area contributed by atoms with Crippen molar-refractivity contribution in [1.82, 2.24) is 4.98 Å². The van der Waals surface area contributed by atoms with E-state index in [1.54, 1.807) is 0 Å². The van der Waals surface area contributed by atoms with Gasteiger partial charge in [0.2, 0.25) is 0 Å². The van der Waals surface area contributed by atoms with Crippen LogP contribution in [0.3, 0.4) is 0 Å². The van der Waals surface area contributed by atoms with Crippen LogP contribution < -0.4 is 10.2 Å². The Hall–Kier alpha value is -1.88. The molecule has 0 spiro atoms. The van der Waals surface area contributed by atoms with Crippen LogP contribution >= 0.6 is 11.3 Å². The van der Waals surface area contributed by atoms with Crippen LogP contribution in [0.25, 0.3) is 0 Å². The van der Waals surface area contributed by atoms with Gasteiger partial charge in [-0.15, -0.1) is 0 Å². The van der Waals surface area contributed by atoms with E-state index in [0.717, 1.165) is 29.6 Å².